The second-order valence-corrected chi connectivity index (χ2v) is 4.85. The Morgan fingerprint density at radius 1 is 1.00 bits per heavy atom. The van der Waals surface area contributed by atoms with Crippen LogP contribution in [-0.4, -0.2) is 26.1 Å². The van der Waals surface area contributed by atoms with Crippen LogP contribution < -0.4 is 14.2 Å². The van der Waals surface area contributed by atoms with Crippen molar-refractivity contribution < 1.29 is 19.0 Å². The van der Waals surface area contributed by atoms with Crippen molar-refractivity contribution in [1.29, 1.82) is 0 Å². The highest BCUT2D eigenvalue weighted by atomic mass is 35.5. The lowest BCUT2D eigenvalue weighted by atomic mass is 10.2. The van der Waals surface area contributed by atoms with Crippen LogP contribution >= 0.6 is 11.6 Å². The average molecular weight is 321 g/mol. The molecule has 0 spiro atoms. The highest BCUT2D eigenvalue weighted by Crippen LogP contribution is 2.28. The summed E-state index contributed by atoms with van der Waals surface area (Å²) >= 11 is 5.88. The third-order valence-corrected chi connectivity index (χ3v) is 3.04. The Balaban J connectivity index is 1.89. The summed E-state index contributed by atoms with van der Waals surface area (Å²) in [5.41, 5.74) is 0.547. The van der Waals surface area contributed by atoms with Gasteiger partial charge in [-0.3, -0.25) is 4.79 Å². The Labute approximate surface area is 134 Å². The van der Waals surface area contributed by atoms with Gasteiger partial charge in [-0.1, -0.05) is 17.7 Å². The summed E-state index contributed by atoms with van der Waals surface area (Å²) in [5, 5.41) is 0.626. The molecular weight excluding hydrogens is 304 g/mol. The first-order valence-corrected chi connectivity index (χ1v) is 7.34. The molecule has 116 valence electrons. The largest absolute Gasteiger partial charge is 0.490 e. The van der Waals surface area contributed by atoms with E-state index < -0.39 is 0 Å². The van der Waals surface area contributed by atoms with Gasteiger partial charge >= 0.3 is 0 Å². The monoisotopic (exact) mass is 320 g/mol. The van der Waals surface area contributed by atoms with E-state index in [4.69, 9.17) is 25.8 Å². The Kier molecular flexibility index (Phi) is 6.10. The van der Waals surface area contributed by atoms with E-state index in [2.05, 4.69) is 0 Å². The number of hydrogen-bond acceptors (Lipinski definition) is 4. The van der Waals surface area contributed by atoms with Crippen LogP contribution in [-0.2, 0) is 0 Å². The van der Waals surface area contributed by atoms with Crippen molar-refractivity contribution in [2.45, 2.75) is 6.92 Å². The van der Waals surface area contributed by atoms with Crippen LogP contribution in [0.2, 0.25) is 5.02 Å². The fourth-order valence-corrected chi connectivity index (χ4v) is 2.03. The van der Waals surface area contributed by atoms with Gasteiger partial charge in [-0.05, 0) is 43.3 Å². The van der Waals surface area contributed by atoms with Crippen molar-refractivity contribution in [2.75, 3.05) is 19.8 Å². The predicted octanol–water partition coefficient (Wildman–Crippen LogP) is 4.01. The second kappa shape index (κ2) is 8.29. The molecule has 0 saturated heterocycles. The maximum absolute atomic E-state index is 10.8. The molecule has 0 saturated carbocycles. The lowest BCUT2D eigenvalue weighted by Crippen LogP contribution is -2.10. The molecule has 0 heterocycles. The van der Waals surface area contributed by atoms with Crippen molar-refractivity contribution in [3.8, 4) is 17.2 Å². The molecule has 0 aliphatic carbocycles. The lowest BCUT2D eigenvalue weighted by Gasteiger charge is -2.13. The molecule has 2 aromatic rings. The fraction of sp³-hybridized carbons (Fsp3) is 0.235. The molecule has 0 N–H and O–H groups in total. The van der Waals surface area contributed by atoms with Crippen LogP contribution in [0.25, 0.3) is 0 Å². The molecule has 0 fully saturated rings. The molecular formula is C17H17ClO4. The SMILES string of the molecule is CCOc1cc(C=O)ccc1OCCOc1cccc(Cl)c1. The number of aldehydes is 1. The van der Waals surface area contributed by atoms with E-state index >= 15 is 0 Å². The predicted molar refractivity (Wildman–Crippen MR) is 85.4 cm³/mol. The smallest absolute Gasteiger partial charge is 0.161 e. The van der Waals surface area contributed by atoms with Gasteiger partial charge in [0.05, 0.1) is 6.61 Å². The van der Waals surface area contributed by atoms with E-state index in [1.54, 1.807) is 30.3 Å². The minimum absolute atomic E-state index is 0.354. The Morgan fingerprint density at radius 2 is 1.82 bits per heavy atom. The molecule has 0 bridgehead atoms. The molecule has 0 amide bonds. The van der Waals surface area contributed by atoms with Gasteiger partial charge in [0.15, 0.2) is 11.5 Å². The van der Waals surface area contributed by atoms with Gasteiger partial charge in [-0.15, -0.1) is 0 Å². The molecule has 4 nitrogen and oxygen atoms in total. The minimum Gasteiger partial charge on any atom is -0.490 e. The average Bonchev–Trinajstić information content (AvgIpc) is 2.53. The number of halogens is 1. The lowest BCUT2D eigenvalue weighted by molar-refractivity contribution is 0.112. The number of ether oxygens (including phenoxy) is 3. The summed E-state index contributed by atoms with van der Waals surface area (Å²) in [6.45, 7) is 3.10. The fourth-order valence-electron chi connectivity index (χ4n) is 1.85. The van der Waals surface area contributed by atoms with E-state index in [-0.39, 0.29) is 0 Å². The Hall–Kier alpha value is -2.20. The number of benzene rings is 2. The van der Waals surface area contributed by atoms with Crippen molar-refractivity contribution in [1.82, 2.24) is 0 Å². The Morgan fingerprint density at radius 3 is 2.55 bits per heavy atom. The zero-order valence-corrected chi connectivity index (χ0v) is 13.0. The summed E-state index contributed by atoms with van der Waals surface area (Å²) in [6, 6.07) is 12.2. The standard InChI is InChI=1S/C17H17ClO4/c1-2-20-17-10-13(12-19)6-7-16(17)22-9-8-21-15-5-3-4-14(18)11-15/h3-7,10-12H,2,8-9H2,1H3. The zero-order chi connectivity index (χ0) is 15.8. The first-order valence-electron chi connectivity index (χ1n) is 6.96. The van der Waals surface area contributed by atoms with Crippen molar-refractivity contribution in [3.63, 3.8) is 0 Å². The summed E-state index contributed by atoms with van der Waals surface area (Å²) in [7, 11) is 0. The molecule has 0 radical (unpaired) electrons. The highest BCUT2D eigenvalue weighted by molar-refractivity contribution is 6.30. The number of rotatable bonds is 8. The summed E-state index contributed by atoms with van der Waals surface area (Å²) in [4.78, 5) is 10.8. The molecule has 2 rings (SSSR count). The van der Waals surface area contributed by atoms with Gasteiger partial charge in [-0.25, -0.2) is 0 Å². The first kappa shape index (κ1) is 16.2. The first-order chi connectivity index (χ1) is 10.7. The van der Waals surface area contributed by atoms with Crippen molar-refractivity contribution in [3.05, 3.63) is 53.1 Å². The topological polar surface area (TPSA) is 44.8 Å². The minimum atomic E-state index is 0.354. The van der Waals surface area contributed by atoms with E-state index in [9.17, 15) is 4.79 Å². The molecule has 0 unspecified atom stereocenters. The van der Waals surface area contributed by atoms with Gasteiger partial charge in [0, 0.05) is 10.6 Å². The van der Waals surface area contributed by atoms with Crippen LogP contribution in [0.5, 0.6) is 17.2 Å². The third kappa shape index (κ3) is 4.67. The zero-order valence-electron chi connectivity index (χ0n) is 12.3. The molecule has 0 aliphatic heterocycles. The third-order valence-electron chi connectivity index (χ3n) is 2.81. The molecule has 2 aromatic carbocycles. The number of hydrogen-bond donors (Lipinski definition) is 0. The van der Waals surface area contributed by atoms with Crippen LogP contribution in [0.4, 0.5) is 0 Å². The maximum atomic E-state index is 10.8. The Bertz CT molecular complexity index is 628. The highest BCUT2D eigenvalue weighted by Gasteiger charge is 2.06. The maximum Gasteiger partial charge on any atom is 0.161 e. The molecule has 0 aromatic heterocycles. The summed E-state index contributed by atoms with van der Waals surface area (Å²) < 4.78 is 16.7. The van der Waals surface area contributed by atoms with Gasteiger partial charge in [0.25, 0.3) is 0 Å². The van der Waals surface area contributed by atoms with Gasteiger partial charge in [0.1, 0.15) is 25.2 Å². The van der Waals surface area contributed by atoms with E-state index in [0.29, 0.717) is 47.7 Å². The van der Waals surface area contributed by atoms with E-state index in [1.165, 1.54) is 0 Å². The van der Waals surface area contributed by atoms with Gasteiger partial charge in [-0.2, -0.15) is 0 Å². The quantitative estimate of drug-likeness (QED) is 0.544. The van der Waals surface area contributed by atoms with Gasteiger partial charge < -0.3 is 14.2 Å². The molecule has 0 aliphatic rings. The van der Waals surface area contributed by atoms with Gasteiger partial charge in [0.2, 0.25) is 0 Å². The van der Waals surface area contributed by atoms with Crippen LogP contribution in [0.1, 0.15) is 17.3 Å². The van der Waals surface area contributed by atoms with Crippen molar-refractivity contribution in [2.24, 2.45) is 0 Å². The van der Waals surface area contributed by atoms with E-state index in [1.807, 2.05) is 19.1 Å². The number of carbonyl (C=O) groups is 1. The second-order valence-electron chi connectivity index (χ2n) is 4.41. The number of carbonyl (C=O) groups excluding carboxylic acids is 1. The van der Waals surface area contributed by atoms with Crippen LogP contribution in [0, 0.1) is 0 Å². The molecule has 5 heteroatoms. The van der Waals surface area contributed by atoms with Crippen LogP contribution in [0.3, 0.4) is 0 Å². The normalized spacial score (nSPS) is 10.1. The van der Waals surface area contributed by atoms with Crippen LogP contribution in [0.15, 0.2) is 42.5 Å². The molecule has 0 atom stereocenters. The van der Waals surface area contributed by atoms with E-state index in [0.717, 1.165) is 6.29 Å². The summed E-state index contributed by atoms with van der Waals surface area (Å²) in [5.74, 6) is 1.83. The van der Waals surface area contributed by atoms with Crippen molar-refractivity contribution >= 4 is 17.9 Å². The summed E-state index contributed by atoms with van der Waals surface area (Å²) in [6.07, 6.45) is 0.772. The molecule has 22 heavy (non-hydrogen) atoms.